The van der Waals surface area contributed by atoms with Crippen molar-refractivity contribution in [2.45, 2.75) is 38.4 Å². The number of carbonyl (C=O) groups is 2. The van der Waals surface area contributed by atoms with Crippen molar-refractivity contribution >= 4 is 11.9 Å². The molecular weight excluding hydrogens is 428 g/mol. The second-order valence-electron chi connectivity index (χ2n) is 7.05. The number of benzene rings is 1. The summed E-state index contributed by atoms with van der Waals surface area (Å²) in [5.41, 5.74) is -1.31. The first-order valence-corrected chi connectivity index (χ1v) is 9.49. The number of aromatic amines is 1. The molecule has 172 valence electrons. The van der Waals surface area contributed by atoms with Gasteiger partial charge in [0.25, 0.3) is 5.56 Å². The summed E-state index contributed by atoms with van der Waals surface area (Å²) in [5.74, 6) is -1.81. The highest BCUT2D eigenvalue weighted by atomic mass is 16.6. The largest absolute Gasteiger partial charge is 0.507 e. The summed E-state index contributed by atoms with van der Waals surface area (Å²) < 4.78 is 22.4. The van der Waals surface area contributed by atoms with E-state index in [0.717, 1.165) is 23.8 Å². The van der Waals surface area contributed by atoms with Crippen LogP contribution in [0.5, 0.6) is 11.5 Å². The predicted molar refractivity (Wildman–Crippen MR) is 106 cm³/mol. The highest BCUT2D eigenvalue weighted by molar-refractivity contribution is 5.94. The van der Waals surface area contributed by atoms with Crippen LogP contribution in [0.15, 0.2) is 34.0 Å². The summed E-state index contributed by atoms with van der Waals surface area (Å²) in [6.07, 6.45) is -4.02. The zero-order valence-electron chi connectivity index (χ0n) is 17.4. The fourth-order valence-electron chi connectivity index (χ4n) is 3.47. The normalized spacial score (nSPS) is 22.4. The van der Waals surface area contributed by atoms with Gasteiger partial charge < -0.3 is 29.2 Å². The number of aromatic hydroxyl groups is 1. The van der Waals surface area contributed by atoms with Gasteiger partial charge >= 0.3 is 17.6 Å². The van der Waals surface area contributed by atoms with Gasteiger partial charge in [-0.15, -0.1) is 0 Å². The number of hydrogen-bond donors (Lipinski definition) is 3. The van der Waals surface area contributed by atoms with Crippen LogP contribution < -0.4 is 16.0 Å². The summed E-state index contributed by atoms with van der Waals surface area (Å²) in [6, 6.07) is 3.79. The lowest BCUT2D eigenvalue weighted by Gasteiger charge is -2.24. The molecule has 0 amide bonds. The van der Waals surface area contributed by atoms with E-state index in [2.05, 4.69) is 0 Å². The third-order valence-electron chi connectivity index (χ3n) is 4.86. The standard InChI is InChI=1S/C20H22N2O10/c1-9-6-11(29-3)7-12(25)15(9)19(27)32-16-13(8-23)31-18(17(16)30-10(2)24)22-5-4-14(26)21-20(22)28/h4-7,13,16-18,23,25H,8H2,1-3H3,(H,21,26,28)/t13-,16-,17-,18-/m1/s1. The molecule has 1 aromatic carbocycles. The third kappa shape index (κ3) is 4.50. The monoisotopic (exact) mass is 450 g/mol. The SMILES string of the molecule is COc1cc(C)c(C(=O)O[C@H]2[C@@H](OC(C)=O)[C@H](n3ccc(=O)[nH]c3=O)O[C@@H]2CO)c(O)c1. The van der Waals surface area contributed by atoms with Crippen LogP contribution in [0.2, 0.25) is 0 Å². The molecule has 12 heteroatoms. The first kappa shape index (κ1) is 23.0. The number of carbonyl (C=O) groups excluding carboxylic acids is 2. The molecule has 1 aliphatic rings. The summed E-state index contributed by atoms with van der Waals surface area (Å²) in [5, 5.41) is 20.0. The van der Waals surface area contributed by atoms with E-state index in [0.29, 0.717) is 11.3 Å². The number of H-pyrrole nitrogens is 1. The van der Waals surface area contributed by atoms with Crippen molar-refractivity contribution in [2.75, 3.05) is 13.7 Å². The molecule has 32 heavy (non-hydrogen) atoms. The van der Waals surface area contributed by atoms with E-state index < -0.39 is 60.1 Å². The van der Waals surface area contributed by atoms with Crippen LogP contribution in [-0.2, 0) is 19.0 Å². The molecule has 1 fully saturated rings. The van der Waals surface area contributed by atoms with Gasteiger partial charge in [0.2, 0.25) is 0 Å². The quantitative estimate of drug-likeness (QED) is 0.493. The molecule has 3 rings (SSSR count). The fourth-order valence-corrected chi connectivity index (χ4v) is 3.47. The maximum atomic E-state index is 12.9. The lowest BCUT2D eigenvalue weighted by Crippen LogP contribution is -2.42. The number of nitrogens with zero attached hydrogens (tertiary/aromatic N) is 1. The molecule has 12 nitrogen and oxygen atoms in total. The van der Waals surface area contributed by atoms with Gasteiger partial charge in [-0.2, -0.15) is 0 Å². The second kappa shape index (κ2) is 9.24. The first-order chi connectivity index (χ1) is 15.2. The van der Waals surface area contributed by atoms with Crippen LogP contribution in [0.3, 0.4) is 0 Å². The van der Waals surface area contributed by atoms with Crippen LogP contribution in [0, 0.1) is 6.92 Å². The van der Waals surface area contributed by atoms with Crippen LogP contribution in [0.4, 0.5) is 0 Å². The van der Waals surface area contributed by atoms with Crippen molar-refractivity contribution < 1.29 is 38.7 Å². The zero-order chi connectivity index (χ0) is 23.6. The summed E-state index contributed by atoms with van der Waals surface area (Å²) >= 11 is 0. The highest BCUT2D eigenvalue weighted by Gasteiger charge is 2.50. The topological polar surface area (TPSA) is 166 Å². The Morgan fingerprint density at radius 1 is 1.22 bits per heavy atom. The smallest absolute Gasteiger partial charge is 0.342 e. The van der Waals surface area contributed by atoms with Crippen molar-refractivity contribution in [3.05, 3.63) is 56.4 Å². The molecule has 3 N–H and O–H groups in total. The van der Waals surface area contributed by atoms with E-state index in [-0.39, 0.29) is 5.56 Å². The van der Waals surface area contributed by atoms with Gasteiger partial charge in [-0.25, -0.2) is 9.59 Å². The molecule has 0 bridgehead atoms. The van der Waals surface area contributed by atoms with Crippen LogP contribution >= 0.6 is 0 Å². The van der Waals surface area contributed by atoms with E-state index >= 15 is 0 Å². The molecule has 0 saturated carbocycles. The van der Waals surface area contributed by atoms with E-state index in [1.54, 1.807) is 6.92 Å². The number of aliphatic hydroxyl groups is 1. The minimum absolute atomic E-state index is 0.159. The van der Waals surface area contributed by atoms with Gasteiger partial charge in [0.15, 0.2) is 18.4 Å². The Balaban J connectivity index is 1.98. The Kier molecular flexibility index (Phi) is 6.65. The van der Waals surface area contributed by atoms with Crippen LogP contribution in [-0.4, -0.2) is 63.7 Å². The Morgan fingerprint density at radius 3 is 2.50 bits per heavy atom. The second-order valence-corrected chi connectivity index (χ2v) is 7.05. The Morgan fingerprint density at radius 2 is 1.94 bits per heavy atom. The molecule has 1 saturated heterocycles. The van der Waals surface area contributed by atoms with Crippen molar-refractivity contribution in [1.82, 2.24) is 9.55 Å². The zero-order valence-corrected chi connectivity index (χ0v) is 17.4. The van der Waals surface area contributed by atoms with Crippen molar-refractivity contribution in [2.24, 2.45) is 0 Å². The van der Waals surface area contributed by atoms with Gasteiger partial charge in [-0.1, -0.05) is 0 Å². The number of aryl methyl sites for hydroxylation is 1. The van der Waals surface area contributed by atoms with Crippen molar-refractivity contribution in [3.8, 4) is 11.5 Å². The number of phenolic OH excluding ortho intramolecular Hbond substituents is 1. The van der Waals surface area contributed by atoms with E-state index in [1.165, 1.54) is 19.2 Å². The first-order valence-electron chi connectivity index (χ1n) is 9.49. The van der Waals surface area contributed by atoms with Gasteiger partial charge in [0, 0.05) is 25.3 Å². The van der Waals surface area contributed by atoms with Gasteiger partial charge in [-0.05, 0) is 18.6 Å². The van der Waals surface area contributed by atoms with Gasteiger partial charge in [0.1, 0.15) is 23.2 Å². The third-order valence-corrected chi connectivity index (χ3v) is 4.86. The molecule has 2 heterocycles. The van der Waals surface area contributed by atoms with Crippen LogP contribution in [0.1, 0.15) is 29.1 Å². The summed E-state index contributed by atoms with van der Waals surface area (Å²) in [6.45, 7) is 2.02. The Labute approximate surface area is 180 Å². The number of ether oxygens (including phenoxy) is 4. The lowest BCUT2D eigenvalue weighted by atomic mass is 10.1. The predicted octanol–water partition coefficient (Wildman–Crippen LogP) is -0.394. The Bertz CT molecular complexity index is 1110. The molecule has 0 radical (unpaired) electrons. The highest BCUT2D eigenvalue weighted by Crippen LogP contribution is 2.35. The van der Waals surface area contributed by atoms with Gasteiger partial charge in [-0.3, -0.25) is 19.1 Å². The number of esters is 2. The molecule has 4 atom stereocenters. The molecule has 0 aliphatic carbocycles. The maximum absolute atomic E-state index is 12.9. The molecule has 0 unspecified atom stereocenters. The molecule has 1 aliphatic heterocycles. The number of rotatable bonds is 6. The number of nitrogens with one attached hydrogen (secondary N) is 1. The minimum atomic E-state index is -1.34. The average Bonchev–Trinajstić information content (AvgIpc) is 3.03. The molecule has 2 aromatic rings. The van der Waals surface area contributed by atoms with E-state index in [1.807, 2.05) is 4.98 Å². The van der Waals surface area contributed by atoms with Crippen LogP contribution in [0.25, 0.3) is 0 Å². The molecule has 0 spiro atoms. The fraction of sp³-hybridized carbons (Fsp3) is 0.400. The number of hydrogen-bond acceptors (Lipinski definition) is 10. The summed E-state index contributed by atoms with van der Waals surface area (Å²) in [7, 11) is 1.40. The lowest BCUT2D eigenvalue weighted by molar-refractivity contribution is -0.156. The van der Waals surface area contributed by atoms with E-state index in [4.69, 9.17) is 18.9 Å². The number of aliphatic hydroxyl groups excluding tert-OH is 1. The summed E-state index contributed by atoms with van der Waals surface area (Å²) in [4.78, 5) is 50.2. The molecule has 1 aromatic heterocycles. The molecular formula is C20H22N2O10. The number of methoxy groups -OCH3 is 1. The van der Waals surface area contributed by atoms with Crippen molar-refractivity contribution in [3.63, 3.8) is 0 Å². The Hall–Kier alpha value is -3.64. The van der Waals surface area contributed by atoms with E-state index in [9.17, 15) is 29.4 Å². The number of phenols is 1. The average molecular weight is 450 g/mol. The van der Waals surface area contributed by atoms with Gasteiger partial charge in [0.05, 0.1) is 13.7 Å². The van der Waals surface area contributed by atoms with Crippen molar-refractivity contribution in [1.29, 1.82) is 0 Å². The number of aromatic nitrogens is 2. The minimum Gasteiger partial charge on any atom is -0.507 e. The maximum Gasteiger partial charge on any atom is 0.342 e.